The summed E-state index contributed by atoms with van der Waals surface area (Å²) in [5.41, 5.74) is 0.854. The van der Waals surface area contributed by atoms with Crippen molar-refractivity contribution in [3.63, 3.8) is 0 Å². The van der Waals surface area contributed by atoms with E-state index in [4.69, 9.17) is 0 Å². The minimum Gasteiger partial charge on any atom is -0.353 e. The molecule has 0 atom stereocenters. The van der Waals surface area contributed by atoms with E-state index in [2.05, 4.69) is 25.1 Å². The second-order valence-electron chi connectivity index (χ2n) is 5.10. The third kappa shape index (κ3) is 2.95. The predicted octanol–water partition coefficient (Wildman–Crippen LogP) is -0.169. The van der Waals surface area contributed by atoms with Crippen molar-refractivity contribution in [2.45, 2.75) is 6.92 Å². The average molecular weight is 300 g/mol. The van der Waals surface area contributed by atoms with Crippen LogP contribution >= 0.6 is 0 Å². The first kappa shape index (κ1) is 14.2. The quantitative estimate of drug-likeness (QED) is 0.827. The Morgan fingerprint density at radius 3 is 2.59 bits per heavy atom. The molecule has 0 aliphatic carbocycles. The molecule has 1 saturated heterocycles. The van der Waals surface area contributed by atoms with Gasteiger partial charge in [-0.3, -0.25) is 9.59 Å². The van der Waals surface area contributed by atoms with Crippen molar-refractivity contribution >= 4 is 11.7 Å². The van der Waals surface area contributed by atoms with E-state index in [1.807, 2.05) is 13.0 Å². The molecule has 0 radical (unpaired) electrons. The normalized spacial score (nSPS) is 15.0. The number of nitrogens with zero attached hydrogens (tertiary/aromatic N) is 5. The van der Waals surface area contributed by atoms with Crippen LogP contribution in [0.2, 0.25) is 0 Å². The molecule has 1 amide bonds. The summed E-state index contributed by atoms with van der Waals surface area (Å²) in [5, 5.41) is 6.06. The van der Waals surface area contributed by atoms with Gasteiger partial charge in [-0.05, 0) is 13.0 Å². The number of H-pyrrole nitrogens is 1. The zero-order valence-electron chi connectivity index (χ0n) is 12.2. The van der Waals surface area contributed by atoms with Crippen LogP contribution in [0.15, 0.2) is 29.3 Å². The lowest BCUT2D eigenvalue weighted by molar-refractivity contribution is 0.0739. The smallest absolute Gasteiger partial charge is 0.274 e. The number of nitrogens with one attached hydrogen (secondary N) is 1. The molecule has 3 rings (SSSR count). The highest BCUT2D eigenvalue weighted by atomic mass is 16.2. The molecule has 8 heteroatoms. The van der Waals surface area contributed by atoms with Crippen LogP contribution in [0.4, 0.5) is 5.82 Å². The van der Waals surface area contributed by atoms with Crippen molar-refractivity contribution in [3.8, 4) is 0 Å². The standard InChI is InChI=1S/C14H16N6O2/c1-10-8-12(16-9-15-10)19-4-6-20(7-5-19)14(22)11-2-3-13(21)18-17-11/h2-3,8-9H,4-7H2,1H3,(H,18,21). The number of carbonyl (C=O) groups excluding carboxylic acids is 1. The minimum absolute atomic E-state index is 0.172. The zero-order chi connectivity index (χ0) is 15.5. The van der Waals surface area contributed by atoms with Gasteiger partial charge < -0.3 is 9.80 Å². The van der Waals surface area contributed by atoms with E-state index in [-0.39, 0.29) is 17.2 Å². The fourth-order valence-corrected chi connectivity index (χ4v) is 2.38. The van der Waals surface area contributed by atoms with Gasteiger partial charge in [-0.2, -0.15) is 5.10 Å². The van der Waals surface area contributed by atoms with E-state index in [0.29, 0.717) is 26.2 Å². The fraction of sp³-hybridized carbons (Fsp3) is 0.357. The van der Waals surface area contributed by atoms with Gasteiger partial charge in [0.25, 0.3) is 11.5 Å². The van der Waals surface area contributed by atoms with Crippen molar-refractivity contribution in [1.29, 1.82) is 0 Å². The largest absolute Gasteiger partial charge is 0.353 e. The molecule has 0 saturated carbocycles. The molecule has 0 spiro atoms. The molecular formula is C14H16N6O2. The summed E-state index contributed by atoms with van der Waals surface area (Å²) in [4.78, 5) is 35.5. The highest BCUT2D eigenvalue weighted by Crippen LogP contribution is 2.14. The number of rotatable bonds is 2. The van der Waals surface area contributed by atoms with E-state index in [0.717, 1.165) is 11.5 Å². The highest BCUT2D eigenvalue weighted by Gasteiger charge is 2.23. The first-order valence-corrected chi connectivity index (χ1v) is 7.02. The lowest BCUT2D eigenvalue weighted by Gasteiger charge is -2.35. The van der Waals surface area contributed by atoms with Gasteiger partial charge in [0.15, 0.2) is 0 Å². The van der Waals surface area contributed by atoms with Crippen LogP contribution in [0, 0.1) is 6.92 Å². The van der Waals surface area contributed by atoms with Gasteiger partial charge in [-0.1, -0.05) is 0 Å². The van der Waals surface area contributed by atoms with Gasteiger partial charge in [0.2, 0.25) is 0 Å². The molecule has 1 N–H and O–H groups in total. The zero-order valence-corrected chi connectivity index (χ0v) is 12.2. The summed E-state index contributed by atoms with van der Waals surface area (Å²) in [6, 6.07) is 4.68. The maximum absolute atomic E-state index is 12.3. The Kier molecular flexibility index (Phi) is 3.82. The second kappa shape index (κ2) is 5.92. The van der Waals surface area contributed by atoms with Gasteiger partial charge >= 0.3 is 0 Å². The van der Waals surface area contributed by atoms with Gasteiger partial charge in [-0.25, -0.2) is 15.1 Å². The first-order valence-electron chi connectivity index (χ1n) is 7.02. The second-order valence-corrected chi connectivity index (χ2v) is 5.10. The van der Waals surface area contributed by atoms with Crippen LogP contribution in [0.1, 0.15) is 16.2 Å². The summed E-state index contributed by atoms with van der Waals surface area (Å²) in [5.74, 6) is 0.705. The maximum atomic E-state index is 12.3. The van der Waals surface area contributed by atoms with Gasteiger partial charge in [-0.15, -0.1) is 0 Å². The molecule has 1 aliphatic rings. The number of aromatic amines is 1. The van der Waals surface area contributed by atoms with Crippen LogP contribution in [0.5, 0.6) is 0 Å². The van der Waals surface area contributed by atoms with Gasteiger partial charge in [0.1, 0.15) is 17.8 Å². The molecule has 8 nitrogen and oxygen atoms in total. The highest BCUT2D eigenvalue weighted by molar-refractivity contribution is 5.92. The monoisotopic (exact) mass is 300 g/mol. The Hall–Kier alpha value is -2.77. The van der Waals surface area contributed by atoms with E-state index >= 15 is 0 Å². The lowest BCUT2D eigenvalue weighted by atomic mass is 10.2. The Morgan fingerprint density at radius 1 is 1.18 bits per heavy atom. The molecule has 0 bridgehead atoms. The molecule has 2 aromatic rings. The summed E-state index contributed by atoms with van der Waals surface area (Å²) >= 11 is 0. The average Bonchev–Trinajstić information content (AvgIpc) is 2.55. The number of piperazine rings is 1. The van der Waals surface area contributed by atoms with E-state index < -0.39 is 0 Å². The molecule has 0 aromatic carbocycles. The summed E-state index contributed by atoms with van der Waals surface area (Å²) in [6.07, 6.45) is 1.55. The van der Waals surface area contributed by atoms with Crippen molar-refractivity contribution in [2.75, 3.05) is 31.1 Å². The number of anilines is 1. The Bertz CT molecular complexity index is 716. The third-order valence-electron chi connectivity index (χ3n) is 3.58. The number of carbonyl (C=O) groups is 1. The maximum Gasteiger partial charge on any atom is 0.274 e. The molecule has 22 heavy (non-hydrogen) atoms. The van der Waals surface area contributed by atoms with Crippen molar-refractivity contribution in [2.24, 2.45) is 0 Å². The Balaban J connectivity index is 1.65. The topological polar surface area (TPSA) is 95.1 Å². The number of aromatic nitrogens is 4. The van der Waals surface area contributed by atoms with E-state index in [1.54, 1.807) is 11.2 Å². The summed E-state index contributed by atoms with van der Waals surface area (Å²) in [6.45, 7) is 4.50. The third-order valence-corrected chi connectivity index (χ3v) is 3.58. The van der Waals surface area contributed by atoms with Gasteiger partial charge in [0.05, 0.1) is 0 Å². The number of hydrogen-bond donors (Lipinski definition) is 1. The molecule has 3 heterocycles. The van der Waals surface area contributed by atoms with Crippen LogP contribution < -0.4 is 10.5 Å². The van der Waals surface area contributed by atoms with Gasteiger partial charge in [0, 0.05) is 44.0 Å². The molecule has 114 valence electrons. The Morgan fingerprint density at radius 2 is 1.95 bits per heavy atom. The van der Waals surface area contributed by atoms with Crippen LogP contribution in [0.3, 0.4) is 0 Å². The number of aryl methyl sites for hydroxylation is 1. The SMILES string of the molecule is Cc1cc(N2CCN(C(=O)c3ccc(=O)[nH]n3)CC2)ncn1. The summed E-state index contributed by atoms with van der Waals surface area (Å²) in [7, 11) is 0. The van der Waals surface area contributed by atoms with Crippen LogP contribution in [0.25, 0.3) is 0 Å². The minimum atomic E-state index is -0.319. The Labute approximate surface area is 126 Å². The van der Waals surface area contributed by atoms with Crippen molar-refractivity contribution in [1.82, 2.24) is 25.1 Å². The first-order chi connectivity index (χ1) is 10.6. The van der Waals surface area contributed by atoms with Crippen LogP contribution in [-0.4, -0.2) is 57.2 Å². The number of amides is 1. The lowest BCUT2D eigenvalue weighted by Crippen LogP contribution is -2.49. The van der Waals surface area contributed by atoms with Crippen LogP contribution in [-0.2, 0) is 0 Å². The molecule has 1 aliphatic heterocycles. The summed E-state index contributed by atoms with van der Waals surface area (Å²) < 4.78 is 0. The van der Waals surface area contributed by atoms with E-state index in [9.17, 15) is 9.59 Å². The molecular weight excluding hydrogens is 284 g/mol. The van der Waals surface area contributed by atoms with E-state index in [1.165, 1.54) is 12.1 Å². The van der Waals surface area contributed by atoms with Crippen molar-refractivity contribution in [3.05, 3.63) is 46.3 Å². The number of hydrogen-bond acceptors (Lipinski definition) is 6. The molecule has 1 fully saturated rings. The molecule has 2 aromatic heterocycles. The fourth-order valence-electron chi connectivity index (χ4n) is 2.38. The molecule has 0 unspecified atom stereocenters. The van der Waals surface area contributed by atoms with Crippen molar-refractivity contribution < 1.29 is 4.79 Å². The predicted molar refractivity (Wildman–Crippen MR) is 79.7 cm³/mol.